The molecule has 2 unspecified atom stereocenters. The summed E-state index contributed by atoms with van der Waals surface area (Å²) >= 11 is 0. The number of ether oxygens (including phenoxy) is 1. The van der Waals surface area contributed by atoms with Crippen LogP contribution < -0.4 is 10.9 Å². The first-order chi connectivity index (χ1) is 15.2. The van der Waals surface area contributed by atoms with Gasteiger partial charge in [0.25, 0.3) is 0 Å². The molecule has 0 saturated heterocycles. The van der Waals surface area contributed by atoms with Crippen molar-refractivity contribution >= 4 is 6.09 Å². The van der Waals surface area contributed by atoms with Gasteiger partial charge in [0.05, 0.1) is 6.10 Å². The summed E-state index contributed by atoms with van der Waals surface area (Å²) in [6.07, 6.45) is 4.90. The van der Waals surface area contributed by atoms with E-state index in [2.05, 4.69) is 28.0 Å². The molecule has 6 nitrogen and oxygen atoms in total. The maximum atomic E-state index is 12.1. The minimum atomic E-state index is -0.569. The summed E-state index contributed by atoms with van der Waals surface area (Å²) < 4.78 is 5.22. The van der Waals surface area contributed by atoms with Crippen LogP contribution in [0.3, 0.4) is 0 Å². The van der Waals surface area contributed by atoms with Gasteiger partial charge in [-0.2, -0.15) is 0 Å². The number of nitrogens with one attached hydrogen (secondary N) is 2. The zero-order chi connectivity index (χ0) is 21.7. The van der Waals surface area contributed by atoms with E-state index in [1.165, 1.54) is 5.56 Å². The molecule has 0 aliphatic carbocycles. The Balaban J connectivity index is 1.49. The van der Waals surface area contributed by atoms with Crippen LogP contribution in [0.25, 0.3) is 0 Å². The Kier molecular flexibility index (Phi) is 9.04. The molecule has 1 aromatic heterocycles. The van der Waals surface area contributed by atoms with E-state index in [0.717, 1.165) is 17.5 Å². The second-order valence-corrected chi connectivity index (χ2v) is 7.51. The lowest BCUT2D eigenvalue weighted by molar-refractivity contribution is 0.120. The average Bonchev–Trinajstić information content (AvgIpc) is 2.82. The molecule has 1 heterocycles. The lowest BCUT2D eigenvalue weighted by Crippen LogP contribution is -2.46. The van der Waals surface area contributed by atoms with Crippen molar-refractivity contribution in [3.8, 4) is 0 Å². The number of nitrogens with zero attached hydrogens (tertiary/aromatic N) is 1. The van der Waals surface area contributed by atoms with Crippen molar-refractivity contribution in [2.45, 2.75) is 44.4 Å². The van der Waals surface area contributed by atoms with Crippen LogP contribution in [0.15, 0.2) is 85.2 Å². The number of aromatic nitrogens is 1. The van der Waals surface area contributed by atoms with Crippen LogP contribution in [0.1, 0.15) is 29.5 Å². The van der Waals surface area contributed by atoms with E-state index in [9.17, 15) is 9.90 Å². The van der Waals surface area contributed by atoms with Gasteiger partial charge in [-0.05, 0) is 42.9 Å². The third kappa shape index (κ3) is 8.58. The number of carbonyl (C=O) groups excluding carboxylic acids is 1. The summed E-state index contributed by atoms with van der Waals surface area (Å²) in [6.45, 7) is 0.143. The van der Waals surface area contributed by atoms with Crippen LogP contribution >= 0.6 is 0 Å². The summed E-state index contributed by atoms with van der Waals surface area (Å²) in [4.78, 5) is 16.1. The SMILES string of the molecule is O=C(NNC(Cc1ccccc1)CC(O)CCc1ccccc1)OCc1cccnc1. The Morgan fingerprint density at radius 1 is 0.935 bits per heavy atom. The van der Waals surface area contributed by atoms with E-state index in [1.807, 2.05) is 54.6 Å². The van der Waals surface area contributed by atoms with Crippen LogP contribution in [0.4, 0.5) is 4.79 Å². The van der Waals surface area contributed by atoms with Crippen molar-refractivity contribution in [1.82, 2.24) is 15.8 Å². The van der Waals surface area contributed by atoms with Gasteiger partial charge in [0, 0.05) is 24.0 Å². The van der Waals surface area contributed by atoms with E-state index >= 15 is 0 Å². The first-order valence-electron chi connectivity index (χ1n) is 10.5. The molecule has 6 heteroatoms. The number of amides is 1. The maximum Gasteiger partial charge on any atom is 0.421 e. The molecule has 0 aliphatic rings. The van der Waals surface area contributed by atoms with Crippen molar-refractivity contribution in [3.05, 3.63) is 102 Å². The number of hydrogen-bond donors (Lipinski definition) is 3. The largest absolute Gasteiger partial charge is 0.444 e. The van der Waals surface area contributed by atoms with Gasteiger partial charge < -0.3 is 9.84 Å². The Morgan fingerprint density at radius 3 is 2.29 bits per heavy atom. The van der Waals surface area contributed by atoms with E-state index in [-0.39, 0.29) is 12.6 Å². The van der Waals surface area contributed by atoms with E-state index in [1.54, 1.807) is 18.5 Å². The number of pyridine rings is 1. The molecule has 0 spiro atoms. The highest BCUT2D eigenvalue weighted by Crippen LogP contribution is 2.12. The third-order valence-corrected chi connectivity index (χ3v) is 4.96. The summed E-state index contributed by atoms with van der Waals surface area (Å²) in [5.41, 5.74) is 8.78. The smallest absolute Gasteiger partial charge is 0.421 e. The summed E-state index contributed by atoms with van der Waals surface area (Å²) in [5, 5.41) is 10.6. The quantitative estimate of drug-likeness (QED) is 0.412. The van der Waals surface area contributed by atoms with Gasteiger partial charge in [-0.1, -0.05) is 66.7 Å². The molecule has 0 radical (unpaired) electrons. The standard InChI is InChI=1S/C25H29N3O3/c29-24(14-13-20-8-3-1-4-9-20)17-23(16-21-10-5-2-6-11-21)27-28-25(30)31-19-22-12-7-15-26-18-22/h1-12,15,18,23-24,27,29H,13-14,16-17,19H2,(H,28,30). The van der Waals surface area contributed by atoms with Gasteiger partial charge >= 0.3 is 6.09 Å². The normalized spacial score (nSPS) is 12.7. The topological polar surface area (TPSA) is 83.5 Å². The zero-order valence-corrected chi connectivity index (χ0v) is 17.5. The highest BCUT2D eigenvalue weighted by atomic mass is 16.6. The first-order valence-corrected chi connectivity index (χ1v) is 10.5. The Hall–Kier alpha value is -3.22. The molecule has 2 aromatic carbocycles. The molecule has 0 saturated carbocycles. The molecular formula is C25H29N3O3. The molecule has 3 N–H and O–H groups in total. The van der Waals surface area contributed by atoms with E-state index < -0.39 is 12.2 Å². The van der Waals surface area contributed by atoms with Gasteiger partial charge in [0.15, 0.2) is 0 Å². The monoisotopic (exact) mass is 419 g/mol. The first kappa shape index (κ1) is 22.5. The predicted molar refractivity (Wildman–Crippen MR) is 120 cm³/mol. The van der Waals surface area contributed by atoms with Gasteiger partial charge in [-0.3, -0.25) is 10.4 Å². The second-order valence-electron chi connectivity index (χ2n) is 7.51. The molecule has 3 rings (SSSR count). The molecule has 1 amide bonds. The van der Waals surface area contributed by atoms with E-state index in [0.29, 0.717) is 19.3 Å². The third-order valence-electron chi connectivity index (χ3n) is 4.96. The molecular weight excluding hydrogens is 390 g/mol. The lowest BCUT2D eigenvalue weighted by Gasteiger charge is -2.22. The van der Waals surface area contributed by atoms with Crippen LogP contribution in [0, 0.1) is 0 Å². The van der Waals surface area contributed by atoms with Crippen molar-refractivity contribution in [2.75, 3.05) is 0 Å². The Morgan fingerprint density at radius 2 is 1.61 bits per heavy atom. The number of aliphatic hydroxyl groups is 1. The number of hydrazine groups is 1. The van der Waals surface area contributed by atoms with Crippen molar-refractivity contribution in [1.29, 1.82) is 0 Å². The molecule has 0 fully saturated rings. The van der Waals surface area contributed by atoms with Crippen LogP contribution in [0.5, 0.6) is 0 Å². The molecule has 31 heavy (non-hydrogen) atoms. The fourth-order valence-electron chi connectivity index (χ4n) is 3.35. The number of benzene rings is 2. The number of hydrogen-bond acceptors (Lipinski definition) is 5. The fraction of sp³-hybridized carbons (Fsp3) is 0.280. The summed E-state index contributed by atoms with van der Waals surface area (Å²) in [5.74, 6) is 0. The molecule has 162 valence electrons. The van der Waals surface area contributed by atoms with Gasteiger partial charge in [-0.15, -0.1) is 0 Å². The van der Waals surface area contributed by atoms with Crippen molar-refractivity contribution < 1.29 is 14.6 Å². The maximum absolute atomic E-state index is 12.1. The highest BCUT2D eigenvalue weighted by molar-refractivity contribution is 5.66. The zero-order valence-electron chi connectivity index (χ0n) is 17.5. The van der Waals surface area contributed by atoms with Gasteiger partial charge in [0.1, 0.15) is 6.61 Å². The van der Waals surface area contributed by atoms with Crippen LogP contribution in [-0.4, -0.2) is 28.3 Å². The van der Waals surface area contributed by atoms with E-state index in [4.69, 9.17) is 4.74 Å². The number of aryl methyl sites for hydroxylation is 1. The average molecular weight is 420 g/mol. The predicted octanol–water partition coefficient (Wildman–Crippen LogP) is 3.81. The molecule has 0 aliphatic heterocycles. The fourth-order valence-corrected chi connectivity index (χ4v) is 3.35. The van der Waals surface area contributed by atoms with Crippen LogP contribution in [0.2, 0.25) is 0 Å². The van der Waals surface area contributed by atoms with Crippen molar-refractivity contribution in [3.63, 3.8) is 0 Å². The molecule has 0 bridgehead atoms. The number of carbonyl (C=O) groups is 1. The number of rotatable bonds is 11. The minimum Gasteiger partial charge on any atom is -0.444 e. The summed E-state index contributed by atoms with van der Waals surface area (Å²) in [6, 6.07) is 23.6. The second kappa shape index (κ2) is 12.5. The molecule has 3 aromatic rings. The van der Waals surface area contributed by atoms with Gasteiger partial charge in [0.2, 0.25) is 0 Å². The van der Waals surface area contributed by atoms with Gasteiger partial charge in [-0.25, -0.2) is 10.2 Å². The number of aliphatic hydroxyl groups excluding tert-OH is 1. The highest BCUT2D eigenvalue weighted by Gasteiger charge is 2.16. The molecule has 2 atom stereocenters. The lowest BCUT2D eigenvalue weighted by atomic mass is 9.97. The summed E-state index contributed by atoms with van der Waals surface area (Å²) in [7, 11) is 0. The minimum absolute atomic E-state index is 0.140. The van der Waals surface area contributed by atoms with Crippen molar-refractivity contribution in [2.24, 2.45) is 0 Å². The Bertz CT molecular complexity index is 892. The van der Waals surface area contributed by atoms with Crippen LogP contribution in [-0.2, 0) is 24.2 Å². The Labute approximate surface area is 183 Å².